The molecule has 5 nitrogen and oxygen atoms in total. The Morgan fingerprint density at radius 3 is 2.85 bits per heavy atom. The molecule has 0 saturated carbocycles. The summed E-state index contributed by atoms with van der Waals surface area (Å²) in [6.07, 6.45) is 5.12. The van der Waals surface area contributed by atoms with E-state index in [1.54, 1.807) is 0 Å². The number of fused-ring (bicyclic) bond motifs is 1. The van der Waals surface area contributed by atoms with Gasteiger partial charge in [-0.1, -0.05) is 11.2 Å². The molecule has 5 heteroatoms. The molecule has 2 aliphatic rings. The maximum Gasteiger partial charge on any atom is 0.251 e. The van der Waals surface area contributed by atoms with Crippen LogP contribution in [0.5, 0.6) is 0 Å². The summed E-state index contributed by atoms with van der Waals surface area (Å²) in [5, 5.41) is 7.54. The van der Waals surface area contributed by atoms with Gasteiger partial charge in [-0.25, -0.2) is 0 Å². The molecular formula is C21H27N3O2. The topological polar surface area (TPSA) is 58.4 Å². The van der Waals surface area contributed by atoms with E-state index in [9.17, 15) is 4.79 Å². The minimum atomic E-state index is 0.0131. The van der Waals surface area contributed by atoms with E-state index in [0.29, 0.717) is 0 Å². The highest BCUT2D eigenvalue weighted by atomic mass is 16.5. The maximum absolute atomic E-state index is 12.6. The van der Waals surface area contributed by atoms with Crippen LogP contribution in [-0.2, 0) is 19.4 Å². The molecule has 138 valence electrons. The zero-order valence-corrected chi connectivity index (χ0v) is 15.7. The first-order valence-corrected chi connectivity index (χ1v) is 9.67. The van der Waals surface area contributed by atoms with Crippen LogP contribution in [0.2, 0.25) is 0 Å². The van der Waals surface area contributed by atoms with Crippen molar-refractivity contribution in [3.05, 3.63) is 51.9 Å². The van der Waals surface area contributed by atoms with Crippen LogP contribution in [0, 0.1) is 13.8 Å². The molecular weight excluding hydrogens is 326 g/mol. The number of rotatable bonds is 4. The van der Waals surface area contributed by atoms with Gasteiger partial charge in [-0.2, -0.15) is 0 Å². The Kier molecular flexibility index (Phi) is 4.81. The van der Waals surface area contributed by atoms with E-state index in [1.165, 1.54) is 24.0 Å². The zero-order chi connectivity index (χ0) is 18.1. The van der Waals surface area contributed by atoms with Crippen LogP contribution in [0.15, 0.2) is 22.7 Å². The fourth-order valence-electron chi connectivity index (χ4n) is 4.01. The lowest BCUT2D eigenvalue weighted by Crippen LogP contribution is -2.39. The molecule has 1 saturated heterocycles. The van der Waals surface area contributed by atoms with Crippen LogP contribution in [0.25, 0.3) is 0 Å². The summed E-state index contributed by atoms with van der Waals surface area (Å²) in [5.41, 5.74) is 5.37. The van der Waals surface area contributed by atoms with E-state index in [2.05, 4.69) is 22.3 Å². The standard InChI is InChI=1S/C21H27N3O2/c1-14-5-6-16(11-15(14)2)21(25)22-17-7-8-20-18(12-17)19(23-26-20)13-24-9-3-4-10-24/h5-6,11,17H,3-4,7-10,12-13H2,1-2H3,(H,22,25). The number of aromatic nitrogens is 1. The van der Waals surface area contributed by atoms with Gasteiger partial charge in [0.05, 0.1) is 0 Å². The molecule has 1 atom stereocenters. The molecule has 0 spiro atoms. The summed E-state index contributed by atoms with van der Waals surface area (Å²) in [6.45, 7) is 7.27. The minimum Gasteiger partial charge on any atom is -0.361 e. The lowest BCUT2D eigenvalue weighted by molar-refractivity contribution is 0.0932. The van der Waals surface area contributed by atoms with Gasteiger partial charge in [0, 0.05) is 30.1 Å². The highest BCUT2D eigenvalue weighted by Gasteiger charge is 2.28. The maximum atomic E-state index is 12.6. The van der Waals surface area contributed by atoms with Crippen molar-refractivity contribution in [2.24, 2.45) is 0 Å². The van der Waals surface area contributed by atoms with Crippen LogP contribution >= 0.6 is 0 Å². The first-order valence-electron chi connectivity index (χ1n) is 9.67. The number of aryl methyl sites for hydroxylation is 3. The van der Waals surface area contributed by atoms with Gasteiger partial charge >= 0.3 is 0 Å². The number of hydrogen-bond donors (Lipinski definition) is 1. The number of hydrogen-bond acceptors (Lipinski definition) is 4. The van der Waals surface area contributed by atoms with Crippen molar-refractivity contribution in [3.63, 3.8) is 0 Å². The second-order valence-corrected chi connectivity index (χ2v) is 7.73. The Morgan fingerprint density at radius 2 is 2.08 bits per heavy atom. The van der Waals surface area contributed by atoms with Crippen molar-refractivity contribution in [2.45, 2.75) is 58.5 Å². The Labute approximate surface area is 154 Å². The van der Waals surface area contributed by atoms with E-state index in [-0.39, 0.29) is 11.9 Å². The summed E-state index contributed by atoms with van der Waals surface area (Å²) in [4.78, 5) is 15.1. The predicted octanol–water partition coefficient (Wildman–Crippen LogP) is 3.17. The predicted molar refractivity (Wildman–Crippen MR) is 100 cm³/mol. The Morgan fingerprint density at radius 1 is 1.27 bits per heavy atom. The summed E-state index contributed by atoms with van der Waals surface area (Å²) in [6, 6.07) is 6.03. The highest BCUT2D eigenvalue weighted by Crippen LogP contribution is 2.26. The molecule has 1 aromatic carbocycles. The highest BCUT2D eigenvalue weighted by molar-refractivity contribution is 5.94. The van der Waals surface area contributed by atoms with E-state index in [4.69, 9.17) is 4.52 Å². The second-order valence-electron chi connectivity index (χ2n) is 7.73. The number of amides is 1. The second kappa shape index (κ2) is 7.23. The van der Waals surface area contributed by atoms with Crippen LogP contribution in [0.1, 0.15) is 57.8 Å². The molecule has 0 bridgehead atoms. The number of benzene rings is 1. The Hall–Kier alpha value is -2.14. The van der Waals surface area contributed by atoms with Crippen LogP contribution in [0.3, 0.4) is 0 Å². The number of nitrogens with one attached hydrogen (secondary N) is 1. The average molecular weight is 353 g/mol. The third-order valence-corrected chi connectivity index (χ3v) is 5.80. The first-order chi connectivity index (χ1) is 12.6. The van der Waals surface area contributed by atoms with Crippen molar-refractivity contribution in [1.29, 1.82) is 0 Å². The third-order valence-electron chi connectivity index (χ3n) is 5.80. The number of likely N-dealkylation sites (tertiary alicyclic amines) is 1. The largest absolute Gasteiger partial charge is 0.361 e. The lowest BCUT2D eigenvalue weighted by atomic mass is 9.91. The fraction of sp³-hybridized carbons (Fsp3) is 0.524. The molecule has 1 aliphatic heterocycles. The number of carbonyl (C=O) groups excluding carboxylic acids is 1. The van der Waals surface area contributed by atoms with Crippen molar-refractivity contribution >= 4 is 5.91 Å². The van der Waals surface area contributed by atoms with Gasteiger partial charge in [0.15, 0.2) is 0 Å². The fourth-order valence-corrected chi connectivity index (χ4v) is 4.01. The monoisotopic (exact) mass is 353 g/mol. The molecule has 4 rings (SSSR count). The molecule has 1 N–H and O–H groups in total. The number of carbonyl (C=O) groups is 1. The van der Waals surface area contributed by atoms with Crippen LogP contribution in [0.4, 0.5) is 0 Å². The van der Waals surface area contributed by atoms with Crippen molar-refractivity contribution in [2.75, 3.05) is 13.1 Å². The third kappa shape index (κ3) is 3.54. The minimum absolute atomic E-state index is 0.0131. The quantitative estimate of drug-likeness (QED) is 0.917. The molecule has 1 aromatic heterocycles. The van der Waals surface area contributed by atoms with E-state index >= 15 is 0 Å². The van der Waals surface area contributed by atoms with Crippen molar-refractivity contribution in [1.82, 2.24) is 15.4 Å². The Balaban J connectivity index is 1.43. The van der Waals surface area contributed by atoms with Crippen LogP contribution in [-0.4, -0.2) is 35.1 Å². The van der Waals surface area contributed by atoms with Gasteiger partial charge in [0.25, 0.3) is 5.91 Å². The van der Waals surface area contributed by atoms with Gasteiger partial charge in [-0.15, -0.1) is 0 Å². The molecule has 2 heterocycles. The molecule has 26 heavy (non-hydrogen) atoms. The Bertz CT molecular complexity index is 806. The molecule has 1 aliphatic carbocycles. The summed E-state index contributed by atoms with van der Waals surface area (Å²) >= 11 is 0. The number of nitrogens with zero attached hydrogens (tertiary/aromatic N) is 2. The van der Waals surface area contributed by atoms with Crippen molar-refractivity contribution < 1.29 is 9.32 Å². The molecule has 1 unspecified atom stereocenters. The smallest absolute Gasteiger partial charge is 0.251 e. The molecule has 1 fully saturated rings. The lowest BCUT2D eigenvalue weighted by Gasteiger charge is -2.23. The van der Waals surface area contributed by atoms with Gasteiger partial charge in [-0.05, 0) is 75.9 Å². The first kappa shape index (κ1) is 17.3. The molecule has 0 radical (unpaired) electrons. The van der Waals surface area contributed by atoms with E-state index < -0.39 is 0 Å². The zero-order valence-electron chi connectivity index (χ0n) is 15.7. The van der Waals surface area contributed by atoms with E-state index in [0.717, 1.165) is 61.5 Å². The van der Waals surface area contributed by atoms with Gasteiger partial charge in [0.2, 0.25) is 0 Å². The van der Waals surface area contributed by atoms with Crippen LogP contribution < -0.4 is 5.32 Å². The molecule has 1 amide bonds. The normalized spacial score (nSPS) is 20.2. The van der Waals surface area contributed by atoms with Gasteiger partial charge < -0.3 is 9.84 Å². The average Bonchev–Trinajstić information content (AvgIpc) is 3.28. The SMILES string of the molecule is Cc1ccc(C(=O)NC2CCc3onc(CN4CCCC4)c3C2)cc1C. The van der Waals surface area contributed by atoms with Crippen molar-refractivity contribution in [3.8, 4) is 0 Å². The van der Waals surface area contributed by atoms with Gasteiger partial charge in [-0.3, -0.25) is 9.69 Å². The molecule has 2 aromatic rings. The summed E-state index contributed by atoms with van der Waals surface area (Å²) < 4.78 is 5.57. The summed E-state index contributed by atoms with van der Waals surface area (Å²) in [7, 11) is 0. The van der Waals surface area contributed by atoms with E-state index in [1.807, 2.05) is 25.1 Å². The van der Waals surface area contributed by atoms with Gasteiger partial charge in [0.1, 0.15) is 11.5 Å². The summed E-state index contributed by atoms with van der Waals surface area (Å²) in [5.74, 6) is 1.02.